The minimum absolute atomic E-state index is 0.106. The number of aromatic nitrogens is 1. The third-order valence-corrected chi connectivity index (χ3v) is 5.45. The molecule has 160 valence electrons. The van der Waals surface area contributed by atoms with Gasteiger partial charge >= 0.3 is 0 Å². The van der Waals surface area contributed by atoms with Gasteiger partial charge in [0.2, 0.25) is 5.43 Å². The van der Waals surface area contributed by atoms with Gasteiger partial charge in [0.05, 0.1) is 17.4 Å². The lowest BCUT2D eigenvalue weighted by molar-refractivity contribution is 0.0953. The number of aryl methyl sites for hydroxylation is 1. The lowest BCUT2D eigenvalue weighted by Crippen LogP contribution is -2.27. The van der Waals surface area contributed by atoms with Gasteiger partial charge in [0, 0.05) is 31.2 Å². The number of carbonyl (C=O) groups is 1. The van der Waals surface area contributed by atoms with Crippen LogP contribution in [0.3, 0.4) is 0 Å². The second-order valence-corrected chi connectivity index (χ2v) is 7.46. The molecule has 0 radical (unpaired) electrons. The molecule has 2 aromatic carbocycles. The van der Waals surface area contributed by atoms with Gasteiger partial charge in [-0.15, -0.1) is 0 Å². The highest BCUT2D eigenvalue weighted by Gasteiger charge is 2.21. The van der Waals surface area contributed by atoms with Crippen molar-refractivity contribution in [3.05, 3.63) is 69.8 Å². The van der Waals surface area contributed by atoms with Crippen molar-refractivity contribution >= 4 is 28.7 Å². The summed E-state index contributed by atoms with van der Waals surface area (Å²) in [5, 5.41) is 13.3. The Bertz CT molecular complexity index is 1210. The van der Waals surface area contributed by atoms with E-state index in [2.05, 4.69) is 10.5 Å². The second kappa shape index (κ2) is 8.59. The number of fused-ring (bicyclic) bond motifs is 1. The maximum absolute atomic E-state index is 14.8. The first kappa shape index (κ1) is 20.6. The normalized spacial score (nSPS) is 13.9. The standard InChI is InChI=1S/C23H23FN4O3/c1-2-27-14-18(23(31)26-25-13-15-5-7-16(29)8-6-15)22(30)17-11-19(24)21(12-20(17)27)28-9-3-4-10-28/h5-8,11-14,29H,2-4,9-10H2,1H3,(H,26,31)/b25-13+. The molecule has 0 atom stereocenters. The van der Waals surface area contributed by atoms with Crippen LogP contribution >= 0.6 is 0 Å². The number of carbonyl (C=O) groups excluding carboxylic acids is 1. The van der Waals surface area contributed by atoms with Crippen LogP contribution in [0.2, 0.25) is 0 Å². The number of nitrogens with one attached hydrogen (secondary N) is 1. The topological polar surface area (TPSA) is 86.9 Å². The minimum atomic E-state index is -0.673. The Labute approximate surface area is 178 Å². The molecule has 1 amide bonds. The minimum Gasteiger partial charge on any atom is -0.508 e. The molecule has 1 aliphatic heterocycles. The molecule has 7 nitrogen and oxygen atoms in total. The predicted molar refractivity (Wildman–Crippen MR) is 118 cm³/mol. The van der Waals surface area contributed by atoms with Crippen LogP contribution < -0.4 is 15.8 Å². The van der Waals surface area contributed by atoms with Gasteiger partial charge in [-0.25, -0.2) is 9.82 Å². The first-order valence-corrected chi connectivity index (χ1v) is 10.2. The highest BCUT2D eigenvalue weighted by Crippen LogP contribution is 2.28. The average molecular weight is 422 g/mol. The van der Waals surface area contributed by atoms with Crippen molar-refractivity contribution < 1.29 is 14.3 Å². The fraction of sp³-hybridized carbons (Fsp3) is 0.261. The number of benzene rings is 2. The van der Waals surface area contributed by atoms with E-state index in [0.717, 1.165) is 25.9 Å². The van der Waals surface area contributed by atoms with E-state index in [1.54, 1.807) is 22.8 Å². The van der Waals surface area contributed by atoms with Gasteiger partial charge in [0.1, 0.15) is 17.1 Å². The van der Waals surface area contributed by atoms with Crippen molar-refractivity contribution in [2.24, 2.45) is 5.10 Å². The Balaban J connectivity index is 1.67. The Kier molecular flexibility index (Phi) is 5.70. The summed E-state index contributed by atoms with van der Waals surface area (Å²) in [4.78, 5) is 27.5. The molecule has 3 aromatic rings. The molecule has 0 aliphatic carbocycles. The summed E-state index contributed by atoms with van der Waals surface area (Å²) in [6.45, 7) is 3.99. The third-order valence-electron chi connectivity index (χ3n) is 5.45. The molecule has 0 unspecified atom stereocenters. The van der Waals surface area contributed by atoms with Gasteiger partial charge in [-0.1, -0.05) is 0 Å². The van der Waals surface area contributed by atoms with E-state index in [1.165, 1.54) is 30.6 Å². The first-order valence-electron chi connectivity index (χ1n) is 10.2. The number of nitrogens with zero attached hydrogens (tertiary/aromatic N) is 3. The molecular weight excluding hydrogens is 399 g/mol. The van der Waals surface area contributed by atoms with Crippen LogP contribution in [0.1, 0.15) is 35.7 Å². The predicted octanol–water partition coefficient (Wildman–Crippen LogP) is 3.23. The summed E-state index contributed by atoms with van der Waals surface area (Å²) in [7, 11) is 0. The molecule has 0 spiro atoms. The number of hydrazone groups is 1. The summed E-state index contributed by atoms with van der Waals surface area (Å²) in [6, 6.07) is 9.19. The Morgan fingerprint density at radius 1 is 1.23 bits per heavy atom. The fourth-order valence-corrected chi connectivity index (χ4v) is 3.81. The molecule has 4 rings (SSSR count). The Morgan fingerprint density at radius 3 is 2.61 bits per heavy atom. The Hall–Kier alpha value is -3.68. The average Bonchev–Trinajstić information content (AvgIpc) is 3.30. The number of anilines is 1. The smallest absolute Gasteiger partial charge is 0.276 e. The van der Waals surface area contributed by atoms with Gasteiger partial charge in [-0.05, 0) is 61.7 Å². The number of aromatic hydroxyl groups is 1. The van der Waals surface area contributed by atoms with Crippen LogP contribution in [0.15, 0.2) is 52.5 Å². The monoisotopic (exact) mass is 422 g/mol. The molecule has 8 heteroatoms. The molecule has 1 aliphatic rings. The number of phenols is 1. The summed E-state index contributed by atoms with van der Waals surface area (Å²) in [5.74, 6) is -1.01. The number of amides is 1. The van der Waals surface area contributed by atoms with E-state index >= 15 is 0 Å². The van der Waals surface area contributed by atoms with Crippen molar-refractivity contribution in [2.75, 3.05) is 18.0 Å². The first-order chi connectivity index (χ1) is 15.0. The van der Waals surface area contributed by atoms with E-state index in [9.17, 15) is 19.1 Å². The zero-order valence-electron chi connectivity index (χ0n) is 17.1. The van der Waals surface area contributed by atoms with Crippen molar-refractivity contribution in [1.29, 1.82) is 0 Å². The molecule has 2 N–H and O–H groups in total. The molecule has 0 bridgehead atoms. The summed E-state index contributed by atoms with van der Waals surface area (Å²) in [5.41, 5.74) is 3.45. The molecule has 1 saturated heterocycles. The molecule has 31 heavy (non-hydrogen) atoms. The number of hydrogen-bond donors (Lipinski definition) is 2. The van der Waals surface area contributed by atoms with Crippen LogP contribution in [-0.2, 0) is 6.54 Å². The summed E-state index contributed by atoms with van der Waals surface area (Å²) < 4.78 is 16.6. The highest BCUT2D eigenvalue weighted by atomic mass is 19.1. The van der Waals surface area contributed by atoms with E-state index in [4.69, 9.17) is 0 Å². The van der Waals surface area contributed by atoms with Crippen LogP contribution in [0.25, 0.3) is 10.9 Å². The number of phenolic OH excluding ortho intramolecular Hbond substituents is 1. The van der Waals surface area contributed by atoms with Gasteiger partial charge < -0.3 is 14.6 Å². The molecule has 0 saturated carbocycles. The molecule has 2 heterocycles. The second-order valence-electron chi connectivity index (χ2n) is 7.46. The van der Waals surface area contributed by atoms with E-state index < -0.39 is 17.2 Å². The maximum Gasteiger partial charge on any atom is 0.276 e. The number of rotatable bonds is 5. The van der Waals surface area contributed by atoms with Gasteiger partial charge in [-0.2, -0.15) is 5.10 Å². The van der Waals surface area contributed by atoms with Crippen LogP contribution in [0.4, 0.5) is 10.1 Å². The Morgan fingerprint density at radius 2 is 1.94 bits per heavy atom. The lowest BCUT2D eigenvalue weighted by atomic mass is 10.1. The number of hydrogen-bond acceptors (Lipinski definition) is 5. The SMILES string of the molecule is CCn1cc(C(=O)N/N=C/c2ccc(O)cc2)c(=O)c2cc(F)c(N3CCCC3)cc21. The number of pyridine rings is 1. The van der Waals surface area contributed by atoms with Crippen LogP contribution in [0.5, 0.6) is 5.75 Å². The fourth-order valence-electron chi connectivity index (χ4n) is 3.81. The van der Waals surface area contributed by atoms with Crippen molar-refractivity contribution in [3.8, 4) is 5.75 Å². The van der Waals surface area contributed by atoms with E-state index in [0.29, 0.717) is 23.3 Å². The summed E-state index contributed by atoms with van der Waals surface area (Å²) >= 11 is 0. The van der Waals surface area contributed by atoms with Crippen molar-refractivity contribution in [3.63, 3.8) is 0 Å². The number of halogens is 1. The third kappa shape index (κ3) is 4.14. The maximum atomic E-state index is 14.8. The van der Waals surface area contributed by atoms with Gasteiger partial charge in [-0.3, -0.25) is 9.59 Å². The highest BCUT2D eigenvalue weighted by molar-refractivity contribution is 5.98. The van der Waals surface area contributed by atoms with Crippen LogP contribution in [-0.4, -0.2) is 34.9 Å². The molecular formula is C23H23FN4O3. The van der Waals surface area contributed by atoms with Gasteiger partial charge in [0.25, 0.3) is 5.91 Å². The zero-order valence-corrected chi connectivity index (χ0v) is 17.1. The van der Waals surface area contributed by atoms with E-state index in [1.807, 2.05) is 11.8 Å². The molecule has 1 aromatic heterocycles. The largest absolute Gasteiger partial charge is 0.508 e. The molecule has 1 fully saturated rings. The van der Waals surface area contributed by atoms with Crippen molar-refractivity contribution in [1.82, 2.24) is 9.99 Å². The lowest BCUT2D eigenvalue weighted by Gasteiger charge is -2.20. The van der Waals surface area contributed by atoms with Gasteiger partial charge in [0.15, 0.2) is 0 Å². The van der Waals surface area contributed by atoms with E-state index in [-0.39, 0.29) is 16.7 Å². The summed E-state index contributed by atoms with van der Waals surface area (Å²) in [6.07, 6.45) is 4.92. The van der Waals surface area contributed by atoms with Crippen molar-refractivity contribution in [2.45, 2.75) is 26.3 Å². The van der Waals surface area contributed by atoms with Crippen LogP contribution in [0, 0.1) is 5.82 Å². The quantitative estimate of drug-likeness (QED) is 0.488. The zero-order chi connectivity index (χ0) is 22.0.